The van der Waals surface area contributed by atoms with Crippen molar-refractivity contribution in [1.29, 1.82) is 0 Å². The Labute approximate surface area is 168 Å². The third-order valence-electron chi connectivity index (χ3n) is 6.49. The van der Waals surface area contributed by atoms with E-state index in [0.29, 0.717) is 12.3 Å². The predicted molar refractivity (Wildman–Crippen MR) is 112 cm³/mol. The Morgan fingerprint density at radius 1 is 0.929 bits per heavy atom. The quantitative estimate of drug-likeness (QED) is 0.774. The minimum absolute atomic E-state index is 0.237. The van der Waals surface area contributed by atoms with Gasteiger partial charge in [0.1, 0.15) is 0 Å². The van der Waals surface area contributed by atoms with E-state index in [-0.39, 0.29) is 5.91 Å². The lowest BCUT2D eigenvalue weighted by atomic mass is 9.83. The summed E-state index contributed by atoms with van der Waals surface area (Å²) in [5.41, 5.74) is 2.31. The molecule has 3 heterocycles. The summed E-state index contributed by atoms with van der Waals surface area (Å²) in [6.45, 7) is 5.44. The van der Waals surface area contributed by atoms with E-state index < -0.39 is 0 Å². The number of likely N-dealkylation sites (tertiary alicyclic amines) is 2. The number of amides is 1. The minimum atomic E-state index is 0.237. The maximum absolute atomic E-state index is 12.6. The second-order valence-electron chi connectivity index (χ2n) is 8.30. The highest BCUT2D eigenvalue weighted by Gasteiger charge is 2.33. The fourth-order valence-corrected chi connectivity index (χ4v) is 4.75. The fraction of sp³-hybridized carbons (Fsp3) is 0.500. The number of piperidine rings is 1. The normalized spacial score (nSPS) is 21.1. The first-order chi connectivity index (χ1) is 13.8. The number of hydrogen-bond acceptors (Lipinski definition) is 3. The Balaban J connectivity index is 1.20. The molecule has 0 saturated carbocycles. The molecular weight excluding hydrogens is 346 g/mol. The molecule has 4 rings (SSSR count). The van der Waals surface area contributed by atoms with E-state index in [0.717, 1.165) is 37.7 Å². The standard InChI is InChI=1S/C24H31N3O/c28-24(18-23-8-4-5-13-25-23)27-17-12-22(19-27)21-10-15-26(16-11-21)14-9-20-6-2-1-3-7-20/h1-8,13,21-22H,9-12,14-19H2/t22-/m0/s1. The molecule has 1 aromatic carbocycles. The second-order valence-corrected chi connectivity index (χ2v) is 8.30. The van der Waals surface area contributed by atoms with Crippen LogP contribution >= 0.6 is 0 Å². The maximum Gasteiger partial charge on any atom is 0.228 e. The van der Waals surface area contributed by atoms with Gasteiger partial charge >= 0.3 is 0 Å². The molecule has 148 valence electrons. The van der Waals surface area contributed by atoms with Gasteiger partial charge in [-0.25, -0.2) is 0 Å². The number of pyridine rings is 1. The van der Waals surface area contributed by atoms with Crippen molar-refractivity contribution in [2.24, 2.45) is 11.8 Å². The molecule has 0 bridgehead atoms. The molecule has 2 saturated heterocycles. The summed E-state index contributed by atoms with van der Waals surface area (Å²) in [6, 6.07) is 16.6. The molecule has 2 aromatic rings. The first-order valence-electron chi connectivity index (χ1n) is 10.7. The van der Waals surface area contributed by atoms with E-state index in [9.17, 15) is 4.79 Å². The zero-order chi connectivity index (χ0) is 19.2. The van der Waals surface area contributed by atoms with Gasteiger partial charge in [-0.2, -0.15) is 0 Å². The fourth-order valence-electron chi connectivity index (χ4n) is 4.75. The lowest BCUT2D eigenvalue weighted by Gasteiger charge is -2.34. The Bertz CT molecular complexity index is 741. The molecule has 0 unspecified atom stereocenters. The molecule has 0 aliphatic carbocycles. The van der Waals surface area contributed by atoms with Crippen molar-refractivity contribution in [1.82, 2.24) is 14.8 Å². The van der Waals surface area contributed by atoms with E-state index >= 15 is 0 Å². The van der Waals surface area contributed by atoms with Crippen molar-refractivity contribution in [2.75, 3.05) is 32.7 Å². The topological polar surface area (TPSA) is 36.4 Å². The van der Waals surface area contributed by atoms with Crippen LogP contribution in [0.4, 0.5) is 0 Å². The van der Waals surface area contributed by atoms with Crippen LogP contribution in [0.2, 0.25) is 0 Å². The first kappa shape index (κ1) is 19.1. The lowest BCUT2D eigenvalue weighted by molar-refractivity contribution is -0.129. The number of nitrogens with zero attached hydrogens (tertiary/aromatic N) is 3. The summed E-state index contributed by atoms with van der Waals surface area (Å²) in [7, 11) is 0. The van der Waals surface area contributed by atoms with Crippen LogP contribution in [0.15, 0.2) is 54.7 Å². The van der Waals surface area contributed by atoms with Crippen LogP contribution in [0.3, 0.4) is 0 Å². The van der Waals surface area contributed by atoms with Gasteiger partial charge < -0.3 is 9.80 Å². The Morgan fingerprint density at radius 2 is 1.68 bits per heavy atom. The van der Waals surface area contributed by atoms with Gasteiger partial charge in [0.25, 0.3) is 0 Å². The van der Waals surface area contributed by atoms with Crippen molar-refractivity contribution < 1.29 is 4.79 Å². The molecule has 2 aliphatic heterocycles. The van der Waals surface area contributed by atoms with Crippen LogP contribution < -0.4 is 0 Å². The molecule has 0 N–H and O–H groups in total. The number of rotatable bonds is 6. The van der Waals surface area contributed by atoms with E-state index in [1.54, 1.807) is 6.20 Å². The van der Waals surface area contributed by atoms with E-state index in [4.69, 9.17) is 0 Å². The number of carbonyl (C=O) groups is 1. The Kier molecular flexibility index (Phi) is 6.38. The molecule has 1 atom stereocenters. The predicted octanol–water partition coefficient (Wildman–Crippen LogP) is 3.43. The van der Waals surface area contributed by atoms with Gasteiger partial charge in [0, 0.05) is 31.5 Å². The van der Waals surface area contributed by atoms with Gasteiger partial charge in [0.2, 0.25) is 5.91 Å². The molecule has 0 spiro atoms. The van der Waals surface area contributed by atoms with E-state index in [2.05, 4.69) is 45.1 Å². The summed E-state index contributed by atoms with van der Waals surface area (Å²) < 4.78 is 0. The van der Waals surface area contributed by atoms with E-state index in [1.807, 2.05) is 18.2 Å². The highest BCUT2D eigenvalue weighted by molar-refractivity contribution is 5.78. The summed E-state index contributed by atoms with van der Waals surface area (Å²) in [5.74, 6) is 1.70. The summed E-state index contributed by atoms with van der Waals surface area (Å²) >= 11 is 0. The molecule has 0 radical (unpaired) electrons. The highest BCUT2D eigenvalue weighted by Crippen LogP contribution is 2.32. The molecule has 1 aromatic heterocycles. The van der Waals surface area contributed by atoms with Crippen molar-refractivity contribution in [2.45, 2.75) is 32.1 Å². The van der Waals surface area contributed by atoms with Crippen molar-refractivity contribution >= 4 is 5.91 Å². The van der Waals surface area contributed by atoms with Gasteiger partial charge in [-0.05, 0) is 68.3 Å². The largest absolute Gasteiger partial charge is 0.342 e. The number of benzene rings is 1. The minimum Gasteiger partial charge on any atom is -0.342 e. The summed E-state index contributed by atoms with van der Waals surface area (Å²) in [4.78, 5) is 21.6. The SMILES string of the molecule is O=C(Cc1ccccn1)N1CC[C@H](C2CCN(CCc3ccccc3)CC2)C1. The molecule has 2 aliphatic rings. The average Bonchev–Trinajstić information content (AvgIpc) is 3.25. The van der Waals surface area contributed by atoms with Gasteiger partial charge in [-0.15, -0.1) is 0 Å². The molecule has 1 amide bonds. The summed E-state index contributed by atoms with van der Waals surface area (Å²) in [5, 5.41) is 0. The maximum atomic E-state index is 12.6. The van der Waals surface area contributed by atoms with Crippen LogP contribution in [-0.4, -0.2) is 53.4 Å². The lowest BCUT2D eigenvalue weighted by Crippen LogP contribution is -2.38. The molecule has 4 heteroatoms. The third-order valence-corrected chi connectivity index (χ3v) is 6.49. The highest BCUT2D eigenvalue weighted by atomic mass is 16.2. The second kappa shape index (κ2) is 9.33. The zero-order valence-electron chi connectivity index (χ0n) is 16.7. The number of hydrogen-bond donors (Lipinski definition) is 0. The van der Waals surface area contributed by atoms with E-state index in [1.165, 1.54) is 37.9 Å². The smallest absolute Gasteiger partial charge is 0.228 e. The molecular formula is C24H31N3O. The van der Waals surface area contributed by atoms with Crippen molar-refractivity contribution in [3.63, 3.8) is 0 Å². The molecule has 4 nitrogen and oxygen atoms in total. The van der Waals surface area contributed by atoms with Crippen LogP contribution in [0.5, 0.6) is 0 Å². The van der Waals surface area contributed by atoms with Gasteiger partial charge in [0.05, 0.1) is 6.42 Å². The van der Waals surface area contributed by atoms with Crippen LogP contribution in [0, 0.1) is 11.8 Å². The van der Waals surface area contributed by atoms with Gasteiger partial charge in [-0.3, -0.25) is 9.78 Å². The third kappa shape index (κ3) is 4.99. The van der Waals surface area contributed by atoms with Gasteiger partial charge in [-0.1, -0.05) is 36.4 Å². The Hall–Kier alpha value is -2.20. The average molecular weight is 378 g/mol. The van der Waals surface area contributed by atoms with Crippen LogP contribution in [0.1, 0.15) is 30.5 Å². The Morgan fingerprint density at radius 3 is 2.43 bits per heavy atom. The van der Waals surface area contributed by atoms with Gasteiger partial charge in [0.15, 0.2) is 0 Å². The van der Waals surface area contributed by atoms with Crippen molar-refractivity contribution in [3.8, 4) is 0 Å². The van der Waals surface area contributed by atoms with Crippen molar-refractivity contribution in [3.05, 3.63) is 66.0 Å². The zero-order valence-corrected chi connectivity index (χ0v) is 16.7. The molecule has 2 fully saturated rings. The monoisotopic (exact) mass is 377 g/mol. The van der Waals surface area contributed by atoms with Crippen LogP contribution in [-0.2, 0) is 17.6 Å². The number of carbonyl (C=O) groups excluding carboxylic acids is 1. The van der Waals surface area contributed by atoms with Crippen LogP contribution in [0.25, 0.3) is 0 Å². The first-order valence-corrected chi connectivity index (χ1v) is 10.7. The molecule has 28 heavy (non-hydrogen) atoms. The number of aromatic nitrogens is 1. The summed E-state index contributed by atoms with van der Waals surface area (Å²) in [6.07, 6.45) is 7.07.